The maximum atomic E-state index is 12.5. The van der Waals surface area contributed by atoms with Gasteiger partial charge in [0.05, 0.1) is 34.1 Å². The van der Waals surface area contributed by atoms with Crippen LogP contribution < -0.4 is 10.1 Å². The monoisotopic (exact) mass is 427 g/mol. The number of carbonyl (C=O) groups excluding carboxylic acids is 1. The van der Waals surface area contributed by atoms with Gasteiger partial charge in [-0.15, -0.1) is 0 Å². The highest BCUT2D eigenvalue weighted by Crippen LogP contribution is 2.27. The Bertz CT molecular complexity index is 978. The number of alkyl halides is 2. The number of non-ortho nitro benzene ring substituents is 1. The molecule has 1 aromatic carbocycles. The van der Waals surface area contributed by atoms with Gasteiger partial charge in [0.2, 0.25) is 5.91 Å². The van der Waals surface area contributed by atoms with Crippen molar-refractivity contribution in [3.63, 3.8) is 0 Å². The van der Waals surface area contributed by atoms with Gasteiger partial charge < -0.3 is 10.1 Å². The van der Waals surface area contributed by atoms with E-state index < -0.39 is 40.4 Å². The number of nitro benzene ring substituents is 1. The van der Waals surface area contributed by atoms with Gasteiger partial charge in [-0.05, 0) is 13.8 Å². The molecule has 13 heteroatoms. The summed E-state index contributed by atoms with van der Waals surface area (Å²) in [5, 5.41) is 28.7. The molecule has 1 atom stereocenters. The van der Waals surface area contributed by atoms with E-state index in [-0.39, 0.29) is 35.1 Å². The molecule has 2 rings (SSSR count). The van der Waals surface area contributed by atoms with Crippen LogP contribution in [0.3, 0.4) is 0 Å². The Morgan fingerprint density at radius 3 is 2.43 bits per heavy atom. The smallest absolute Gasteiger partial charge is 0.312 e. The van der Waals surface area contributed by atoms with Crippen molar-refractivity contribution >= 4 is 23.0 Å². The third-order valence-electron chi connectivity index (χ3n) is 4.17. The number of nitro groups is 2. The van der Waals surface area contributed by atoms with Crippen molar-refractivity contribution in [1.29, 1.82) is 0 Å². The van der Waals surface area contributed by atoms with E-state index in [2.05, 4.69) is 10.4 Å². The standard InChI is InChI=1S/C17H19F2N5O6/c1-9(7-22-11(3)16(24(28)29)10(2)21-22)17(25)20-12-4-13(23(26)27)6-14(5-12)30-8-15(18)19/h4-6,9,15H,7-8H2,1-3H3,(H,20,25). The van der Waals surface area contributed by atoms with Crippen LogP contribution in [0, 0.1) is 40.0 Å². The van der Waals surface area contributed by atoms with Gasteiger partial charge in [0.15, 0.2) is 0 Å². The number of hydrogen-bond acceptors (Lipinski definition) is 7. The summed E-state index contributed by atoms with van der Waals surface area (Å²) in [4.78, 5) is 33.3. The Labute approximate surface area is 168 Å². The van der Waals surface area contributed by atoms with Crippen LogP contribution in [0.2, 0.25) is 0 Å². The van der Waals surface area contributed by atoms with E-state index in [1.54, 1.807) is 6.92 Å². The van der Waals surface area contributed by atoms with Crippen molar-refractivity contribution < 1.29 is 28.2 Å². The predicted octanol–water partition coefficient (Wildman–Crippen LogP) is 3.24. The summed E-state index contributed by atoms with van der Waals surface area (Å²) < 4.78 is 30.8. The summed E-state index contributed by atoms with van der Waals surface area (Å²) >= 11 is 0. The van der Waals surface area contributed by atoms with Crippen molar-refractivity contribution in [3.05, 3.63) is 49.8 Å². The molecule has 0 radical (unpaired) electrons. The normalized spacial score (nSPS) is 11.9. The number of rotatable bonds is 9. The largest absolute Gasteiger partial charge is 0.487 e. The molecule has 0 aliphatic carbocycles. The summed E-state index contributed by atoms with van der Waals surface area (Å²) in [6, 6.07) is 3.22. The van der Waals surface area contributed by atoms with E-state index in [4.69, 9.17) is 4.74 Å². The Kier molecular flexibility index (Phi) is 6.97. The van der Waals surface area contributed by atoms with Gasteiger partial charge in [0.25, 0.3) is 12.1 Å². The Hall–Kier alpha value is -3.64. The third-order valence-corrected chi connectivity index (χ3v) is 4.17. The van der Waals surface area contributed by atoms with Gasteiger partial charge in [0.1, 0.15) is 23.7 Å². The molecule has 0 bridgehead atoms. The van der Waals surface area contributed by atoms with E-state index in [0.29, 0.717) is 0 Å². The lowest BCUT2D eigenvalue weighted by atomic mass is 10.1. The molecule has 162 valence electrons. The lowest BCUT2D eigenvalue weighted by Gasteiger charge is -2.14. The lowest BCUT2D eigenvalue weighted by Crippen LogP contribution is -2.25. The summed E-state index contributed by atoms with van der Waals surface area (Å²) in [7, 11) is 0. The third kappa shape index (κ3) is 5.46. The quantitative estimate of drug-likeness (QED) is 0.478. The van der Waals surface area contributed by atoms with Crippen LogP contribution in [0.1, 0.15) is 18.3 Å². The first-order valence-electron chi connectivity index (χ1n) is 8.69. The highest BCUT2D eigenvalue weighted by molar-refractivity contribution is 5.92. The predicted molar refractivity (Wildman–Crippen MR) is 101 cm³/mol. The number of halogens is 2. The molecular formula is C17H19F2N5O6. The fraction of sp³-hybridized carbons (Fsp3) is 0.412. The van der Waals surface area contributed by atoms with Crippen LogP contribution in [-0.4, -0.2) is 38.6 Å². The van der Waals surface area contributed by atoms with Gasteiger partial charge in [-0.2, -0.15) is 5.10 Å². The number of nitrogens with one attached hydrogen (secondary N) is 1. The number of ether oxygens (including phenoxy) is 1. The van der Waals surface area contributed by atoms with Gasteiger partial charge in [-0.25, -0.2) is 8.78 Å². The van der Waals surface area contributed by atoms with Gasteiger partial charge in [-0.3, -0.25) is 29.7 Å². The molecule has 1 aromatic heterocycles. The number of benzene rings is 1. The maximum absolute atomic E-state index is 12.5. The highest BCUT2D eigenvalue weighted by Gasteiger charge is 2.24. The highest BCUT2D eigenvalue weighted by atomic mass is 19.3. The van der Waals surface area contributed by atoms with Crippen LogP contribution in [0.15, 0.2) is 18.2 Å². The maximum Gasteiger partial charge on any atom is 0.312 e. The van der Waals surface area contributed by atoms with Crippen molar-refractivity contribution in [2.45, 2.75) is 33.7 Å². The van der Waals surface area contributed by atoms with E-state index >= 15 is 0 Å². The number of anilines is 1. The SMILES string of the molecule is Cc1nn(CC(C)C(=O)Nc2cc(OCC(F)F)cc([N+](=O)[O-])c2)c(C)c1[N+](=O)[O-]. The molecule has 0 spiro atoms. The fourth-order valence-electron chi connectivity index (χ4n) is 2.74. The molecule has 1 heterocycles. The Balaban J connectivity index is 2.17. The van der Waals surface area contributed by atoms with E-state index in [9.17, 15) is 33.8 Å². The van der Waals surface area contributed by atoms with Crippen molar-refractivity contribution in [2.75, 3.05) is 11.9 Å². The van der Waals surface area contributed by atoms with Crippen LogP contribution in [0.5, 0.6) is 5.75 Å². The average Bonchev–Trinajstić information content (AvgIpc) is 2.92. The van der Waals surface area contributed by atoms with Crippen LogP contribution in [0.25, 0.3) is 0 Å². The summed E-state index contributed by atoms with van der Waals surface area (Å²) in [5.41, 5.74) is -0.0922. The number of hydrogen-bond donors (Lipinski definition) is 1. The molecule has 1 amide bonds. The zero-order valence-electron chi connectivity index (χ0n) is 16.3. The first-order chi connectivity index (χ1) is 14.0. The zero-order valence-corrected chi connectivity index (χ0v) is 16.3. The number of aryl methyl sites for hydroxylation is 1. The average molecular weight is 427 g/mol. The molecule has 0 aliphatic heterocycles. The zero-order chi connectivity index (χ0) is 22.6. The van der Waals surface area contributed by atoms with Crippen LogP contribution in [-0.2, 0) is 11.3 Å². The first-order valence-corrected chi connectivity index (χ1v) is 8.69. The molecule has 0 saturated carbocycles. The van der Waals surface area contributed by atoms with Gasteiger partial charge in [0, 0.05) is 12.1 Å². The molecular weight excluding hydrogens is 408 g/mol. The van der Waals surface area contributed by atoms with Gasteiger partial charge in [-0.1, -0.05) is 6.92 Å². The second kappa shape index (κ2) is 9.24. The second-order valence-corrected chi connectivity index (χ2v) is 6.52. The molecule has 0 saturated heterocycles. The summed E-state index contributed by atoms with van der Waals surface area (Å²) in [6.07, 6.45) is -2.77. The Morgan fingerprint density at radius 1 is 1.23 bits per heavy atom. The van der Waals surface area contributed by atoms with Crippen molar-refractivity contribution in [1.82, 2.24) is 9.78 Å². The van der Waals surface area contributed by atoms with Crippen molar-refractivity contribution in [2.24, 2.45) is 5.92 Å². The molecule has 1 unspecified atom stereocenters. The van der Waals surface area contributed by atoms with Crippen molar-refractivity contribution in [3.8, 4) is 5.75 Å². The summed E-state index contributed by atoms with van der Waals surface area (Å²) in [6.45, 7) is 3.60. The van der Waals surface area contributed by atoms with Crippen LogP contribution >= 0.6 is 0 Å². The minimum atomic E-state index is -2.77. The molecule has 30 heavy (non-hydrogen) atoms. The lowest BCUT2D eigenvalue weighted by molar-refractivity contribution is -0.386. The Morgan fingerprint density at radius 2 is 1.90 bits per heavy atom. The van der Waals surface area contributed by atoms with Crippen LogP contribution in [0.4, 0.5) is 25.8 Å². The van der Waals surface area contributed by atoms with E-state index in [0.717, 1.165) is 12.1 Å². The molecule has 2 aromatic rings. The topological polar surface area (TPSA) is 142 Å². The van der Waals surface area contributed by atoms with E-state index in [1.165, 1.54) is 24.6 Å². The number of nitrogens with zero attached hydrogens (tertiary/aromatic N) is 4. The molecule has 1 N–H and O–H groups in total. The first kappa shape index (κ1) is 22.6. The minimum Gasteiger partial charge on any atom is -0.487 e. The number of amides is 1. The summed E-state index contributed by atoms with van der Waals surface area (Å²) in [5.74, 6) is -1.46. The van der Waals surface area contributed by atoms with Gasteiger partial charge >= 0.3 is 5.69 Å². The minimum absolute atomic E-state index is 0.00957. The fourth-order valence-corrected chi connectivity index (χ4v) is 2.74. The molecule has 11 nitrogen and oxygen atoms in total. The van der Waals surface area contributed by atoms with E-state index in [1.807, 2.05) is 0 Å². The number of aromatic nitrogens is 2. The second-order valence-electron chi connectivity index (χ2n) is 6.52. The number of carbonyl (C=O) groups is 1. The molecule has 0 aliphatic rings. The molecule has 0 fully saturated rings.